The van der Waals surface area contributed by atoms with Crippen molar-refractivity contribution in [2.75, 3.05) is 11.5 Å². The molecular weight excluding hydrogens is 267 g/mol. The van der Waals surface area contributed by atoms with Gasteiger partial charge in [0.25, 0.3) is 0 Å². The van der Waals surface area contributed by atoms with Crippen molar-refractivity contribution >= 4 is 16.7 Å². The summed E-state index contributed by atoms with van der Waals surface area (Å²) < 4.78 is 27.2. The van der Waals surface area contributed by atoms with Gasteiger partial charge in [0.05, 0.1) is 10.8 Å². The highest BCUT2D eigenvalue weighted by atomic mass is 32.2. The Hall–Kier alpha value is -1.76. The summed E-state index contributed by atoms with van der Waals surface area (Å²) in [6.07, 6.45) is 0. The van der Waals surface area contributed by atoms with Crippen LogP contribution in [-0.2, 0) is 10.8 Å². The largest absolute Gasteiger partial charge is 0.368 e. The van der Waals surface area contributed by atoms with Crippen LogP contribution in [-0.4, -0.2) is 24.7 Å². The standard InChI is InChI=1S/C12H15FN4OS/c1-4-19(18)11-6-10(9(13)5-7(11)2)17-12(14)15-8(3)16-17/h5-6H,4H2,1-3H3,(H2,14,15,16). The summed E-state index contributed by atoms with van der Waals surface area (Å²) in [5.41, 5.74) is 6.50. The van der Waals surface area contributed by atoms with Crippen molar-refractivity contribution < 1.29 is 8.60 Å². The molecule has 0 aliphatic rings. The van der Waals surface area contributed by atoms with Gasteiger partial charge in [0, 0.05) is 10.6 Å². The molecule has 2 rings (SSSR count). The van der Waals surface area contributed by atoms with Crippen LogP contribution in [0.2, 0.25) is 0 Å². The second-order valence-electron chi connectivity index (χ2n) is 4.13. The molecule has 5 nitrogen and oxygen atoms in total. The average Bonchev–Trinajstić information content (AvgIpc) is 2.67. The number of nitrogens with zero attached hydrogens (tertiary/aromatic N) is 3. The monoisotopic (exact) mass is 282 g/mol. The van der Waals surface area contributed by atoms with E-state index < -0.39 is 16.6 Å². The molecule has 0 spiro atoms. The van der Waals surface area contributed by atoms with Crippen LogP contribution in [0.1, 0.15) is 18.3 Å². The summed E-state index contributed by atoms with van der Waals surface area (Å²) >= 11 is 0. The first-order valence-corrected chi connectivity index (χ1v) is 7.14. The van der Waals surface area contributed by atoms with Crippen LogP contribution in [0.25, 0.3) is 5.69 Å². The maximum atomic E-state index is 14.0. The van der Waals surface area contributed by atoms with Gasteiger partial charge in [-0.1, -0.05) is 6.92 Å². The lowest BCUT2D eigenvalue weighted by molar-refractivity contribution is 0.607. The molecule has 2 N–H and O–H groups in total. The molecule has 1 atom stereocenters. The molecule has 0 aliphatic carbocycles. The topological polar surface area (TPSA) is 73.8 Å². The molecule has 1 unspecified atom stereocenters. The molecule has 0 amide bonds. The predicted octanol–water partition coefficient (Wildman–Crippen LogP) is 1.73. The van der Waals surface area contributed by atoms with E-state index in [-0.39, 0.29) is 11.6 Å². The lowest BCUT2D eigenvalue weighted by atomic mass is 10.2. The number of benzene rings is 1. The Morgan fingerprint density at radius 3 is 2.63 bits per heavy atom. The SMILES string of the molecule is CCS(=O)c1cc(-n2nc(C)nc2N)c(F)cc1C. The maximum Gasteiger partial charge on any atom is 0.223 e. The molecule has 0 bridgehead atoms. The first-order chi connectivity index (χ1) is 8.93. The highest BCUT2D eigenvalue weighted by Gasteiger charge is 2.15. The van der Waals surface area contributed by atoms with Crippen molar-refractivity contribution in [1.82, 2.24) is 14.8 Å². The van der Waals surface area contributed by atoms with Crippen LogP contribution < -0.4 is 5.73 Å². The zero-order valence-corrected chi connectivity index (χ0v) is 11.8. The van der Waals surface area contributed by atoms with Gasteiger partial charge < -0.3 is 5.73 Å². The van der Waals surface area contributed by atoms with E-state index in [1.54, 1.807) is 13.8 Å². The lowest BCUT2D eigenvalue weighted by Gasteiger charge is -2.10. The van der Waals surface area contributed by atoms with Crippen LogP contribution in [0.4, 0.5) is 10.3 Å². The number of rotatable bonds is 3. The third-order valence-electron chi connectivity index (χ3n) is 2.72. The Morgan fingerprint density at radius 1 is 1.42 bits per heavy atom. The van der Waals surface area contributed by atoms with E-state index in [0.717, 1.165) is 0 Å². The average molecular weight is 282 g/mol. The van der Waals surface area contributed by atoms with Gasteiger partial charge in [0.1, 0.15) is 17.3 Å². The highest BCUT2D eigenvalue weighted by molar-refractivity contribution is 7.85. The minimum Gasteiger partial charge on any atom is -0.368 e. The molecule has 0 radical (unpaired) electrons. The number of aryl methyl sites for hydroxylation is 2. The van der Waals surface area contributed by atoms with Crippen molar-refractivity contribution in [1.29, 1.82) is 0 Å². The summed E-state index contributed by atoms with van der Waals surface area (Å²) in [5, 5.41) is 4.04. The van der Waals surface area contributed by atoms with Gasteiger partial charge in [-0.15, -0.1) is 5.10 Å². The first kappa shape index (κ1) is 13.7. The number of aromatic nitrogens is 3. The molecule has 7 heteroatoms. The Bertz CT molecular complexity index is 653. The second-order valence-corrected chi connectivity index (χ2v) is 5.84. The number of nitrogens with two attached hydrogens (primary N) is 1. The molecule has 0 saturated carbocycles. The molecular formula is C12H15FN4OS. The Morgan fingerprint density at radius 2 is 2.11 bits per heavy atom. The number of nitrogen functional groups attached to an aromatic ring is 1. The van der Waals surface area contributed by atoms with E-state index in [9.17, 15) is 8.60 Å². The lowest BCUT2D eigenvalue weighted by Crippen LogP contribution is -2.07. The van der Waals surface area contributed by atoms with Crippen LogP contribution >= 0.6 is 0 Å². The van der Waals surface area contributed by atoms with E-state index in [1.807, 2.05) is 6.92 Å². The molecule has 19 heavy (non-hydrogen) atoms. The summed E-state index contributed by atoms with van der Waals surface area (Å²) in [5.74, 6) is 0.563. The molecule has 0 saturated heterocycles. The van der Waals surface area contributed by atoms with E-state index in [4.69, 9.17) is 5.73 Å². The van der Waals surface area contributed by atoms with E-state index in [0.29, 0.717) is 22.0 Å². The van der Waals surface area contributed by atoms with Crippen molar-refractivity contribution in [3.05, 3.63) is 29.3 Å². The summed E-state index contributed by atoms with van der Waals surface area (Å²) in [4.78, 5) is 4.52. The fraction of sp³-hybridized carbons (Fsp3) is 0.333. The van der Waals surface area contributed by atoms with E-state index >= 15 is 0 Å². The predicted molar refractivity (Wildman–Crippen MR) is 72.2 cm³/mol. The molecule has 0 fully saturated rings. The summed E-state index contributed by atoms with van der Waals surface area (Å²) in [6, 6.07) is 2.86. The number of hydrogen-bond acceptors (Lipinski definition) is 4. The number of hydrogen-bond donors (Lipinski definition) is 1. The van der Waals surface area contributed by atoms with Crippen molar-refractivity contribution in [3.63, 3.8) is 0 Å². The fourth-order valence-electron chi connectivity index (χ4n) is 1.81. The maximum absolute atomic E-state index is 14.0. The van der Waals surface area contributed by atoms with Crippen LogP contribution in [0.3, 0.4) is 0 Å². The second kappa shape index (κ2) is 5.08. The molecule has 1 heterocycles. The zero-order chi connectivity index (χ0) is 14.2. The third-order valence-corrected chi connectivity index (χ3v) is 4.17. The molecule has 0 aliphatic heterocycles. The number of anilines is 1. The van der Waals surface area contributed by atoms with Gasteiger partial charge in [0.15, 0.2) is 0 Å². The zero-order valence-electron chi connectivity index (χ0n) is 11.0. The van der Waals surface area contributed by atoms with Crippen molar-refractivity contribution in [2.45, 2.75) is 25.7 Å². The van der Waals surface area contributed by atoms with Gasteiger partial charge in [-0.3, -0.25) is 4.21 Å². The van der Waals surface area contributed by atoms with E-state index in [2.05, 4.69) is 10.1 Å². The van der Waals surface area contributed by atoms with Crippen LogP contribution in [0.5, 0.6) is 0 Å². The van der Waals surface area contributed by atoms with E-state index in [1.165, 1.54) is 16.8 Å². The van der Waals surface area contributed by atoms with Gasteiger partial charge in [-0.25, -0.2) is 4.39 Å². The summed E-state index contributed by atoms with van der Waals surface area (Å²) in [6.45, 7) is 5.21. The molecule has 1 aromatic heterocycles. The molecule has 2 aromatic rings. The minimum atomic E-state index is -1.16. The van der Waals surface area contributed by atoms with Crippen molar-refractivity contribution in [2.24, 2.45) is 0 Å². The smallest absolute Gasteiger partial charge is 0.223 e. The third kappa shape index (κ3) is 2.51. The Balaban J connectivity index is 2.64. The Labute approximate surface area is 113 Å². The molecule has 102 valence electrons. The van der Waals surface area contributed by atoms with Crippen LogP contribution in [0, 0.1) is 19.7 Å². The molecule has 1 aromatic carbocycles. The summed E-state index contributed by atoms with van der Waals surface area (Å²) in [7, 11) is -1.16. The van der Waals surface area contributed by atoms with Crippen molar-refractivity contribution in [3.8, 4) is 5.69 Å². The highest BCUT2D eigenvalue weighted by Crippen LogP contribution is 2.23. The van der Waals surface area contributed by atoms with Gasteiger partial charge >= 0.3 is 0 Å². The van der Waals surface area contributed by atoms with Crippen LogP contribution in [0.15, 0.2) is 17.0 Å². The Kier molecular flexibility index (Phi) is 3.66. The van der Waals surface area contributed by atoms with Gasteiger partial charge in [0.2, 0.25) is 5.95 Å². The minimum absolute atomic E-state index is 0.105. The fourth-order valence-corrected chi connectivity index (χ4v) is 2.79. The normalized spacial score (nSPS) is 12.6. The quantitative estimate of drug-likeness (QED) is 0.930. The number of halogens is 1. The van der Waals surface area contributed by atoms with Gasteiger partial charge in [-0.05, 0) is 31.5 Å². The first-order valence-electron chi connectivity index (χ1n) is 5.82. The van der Waals surface area contributed by atoms with Gasteiger partial charge in [-0.2, -0.15) is 9.67 Å².